The van der Waals surface area contributed by atoms with E-state index in [1.807, 2.05) is 6.07 Å². The van der Waals surface area contributed by atoms with Crippen LogP contribution in [-0.4, -0.2) is 16.1 Å². The zero-order chi connectivity index (χ0) is 13.0. The van der Waals surface area contributed by atoms with E-state index in [9.17, 15) is 9.90 Å². The number of nitrogens with zero attached hydrogens (tertiary/aromatic N) is 1. The van der Waals surface area contributed by atoms with Crippen molar-refractivity contribution in [1.29, 1.82) is 0 Å². The van der Waals surface area contributed by atoms with Gasteiger partial charge in [0, 0.05) is 16.9 Å². The molecule has 18 heavy (non-hydrogen) atoms. The second-order valence-corrected chi connectivity index (χ2v) is 6.10. The van der Waals surface area contributed by atoms with E-state index in [1.165, 1.54) is 0 Å². The molecule has 1 N–H and O–H groups in total. The van der Waals surface area contributed by atoms with E-state index in [-0.39, 0.29) is 0 Å². The lowest BCUT2D eigenvalue weighted by Gasteiger charge is -2.28. The first-order valence-corrected chi connectivity index (χ1v) is 7.25. The number of aliphatic carboxylic acids is 1. The normalized spacial score (nSPS) is 19.2. The van der Waals surface area contributed by atoms with Gasteiger partial charge in [0.05, 0.1) is 5.41 Å². The van der Waals surface area contributed by atoms with Gasteiger partial charge in [-0.05, 0) is 46.8 Å². The van der Waals surface area contributed by atoms with Gasteiger partial charge in [0.15, 0.2) is 0 Å². The predicted octanol–water partition coefficient (Wildman–Crippen LogP) is 3.81. The Bertz CT molecular complexity index is 426. The van der Waals surface area contributed by atoms with Crippen molar-refractivity contribution in [1.82, 2.24) is 4.98 Å². The number of hydrogen-bond acceptors (Lipinski definition) is 2. The van der Waals surface area contributed by atoms with Gasteiger partial charge in [-0.25, -0.2) is 0 Å². The standard InChI is InChI=1S/C14H18BrNO2/c15-12-7-11(9-16-10-12)8-14(13(17)18)5-3-1-2-4-6-14/h7,9-10H,1-6,8H2,(H,17,18). The maximum absolute atomic E-state index is 11.7. The van der Waals surface area contributed by atoms with Gasteiger partial charge in [0.2, 0.25) is 0 Å². The van der Waals surface area contributed by atoms with Crippen molar-refractivity contribution in [2.75, 3.05) is 0 Å². The largest absolute Gasteiger partial charge is 0.481 e. The molecule has 0 unspecified atom stereocenters. The zero-order valence-corrected chi connectivity index (χ0v) is 11.9. The fourth-order valence-electron chi connectivity index (χ4n) is 2.81. The maximum atomic E-state index is 11.7. The highest BCUT2D eigenvalue weighted by Gasteiger charge is 2.38. The van der Waals surface area contributed by atoms with Crippen LogP contribution in [-0.2, 0) is 11.2 Å². The Morgan fingerprint density at radius 2 is 1.94 bits per heavy atom. The SMILES string of the molecule is O=C(O)C1(Cc2cncc(Br)c2)CCCCCC1. The minimum absolute atomic E-state index is 0.584. The maximum Gasteiger partial charge on any atom is 0.309 e. The summed E-state index contributed by atoms with van der Waals surface area (Å²) < 4.78 is 0.911. The summed E-state index contributed by atoms with van der Waals surface area (Å²) in [7, 11) is 0. The molecular weight excluding hydrogens is 294 g/mol. The first kappa shape index (κ1) is 13.5. The molecule has 1 aliphatic rings. The van der Waals surface area contributed by atoms with Gasteiger partial charge in [0.1, 0.15) is 0 Å². The molecule has 0 spiro atoms. The molecule has 1 aromatic heterocycles. The van der Waals surface area contributed by atoms with Gasteiger partial charge in [0.25, 0.3) is 0 Å². The first-order valence-electron chi connectivity index (χ1n) is 6.45. The number of carbonyl (C=O) groups is 1. The molecule has 0 bridgehead atoms. The van der Waals surface area contributed by atoms with Crippen LogP contribution in [0.4, 0.5) is 0 Å². The van der Waals surface area contributed by atoms with Gasteiger partial charge in [-0.2, -0.15) is 0 Å². The summed E-state index contributed by atoms with van der Waals surface area (Å²) in [6, 6.07) is 1.97. The second kappa shape index (κ2) is 5.83. The van der Waals surface area contributed by atoms with E-state index in [0.717, 1.165) is 48.6 Å². The molecule has 2 rings (SSSR count). The van der Waals surface area contributed by atoms with Crippen LogP contribution in [0.2, 0.25) is 0 Å². The number of halogens is 1. The number of hydrogen-bond donors (Lipinski definition) is 1. The zero-order valence-electron chi connectivity index (χ0n) is 10.4. The molecule has 0 aromatic carbocycles. The minimum Gasteiger partial charge on any atom is -0.481 e. The van der Waals surface area contributed by atoms with E-state index < -0.39 is 11.4 Å². The second-order valence-electron chi connectivity index (χ2n) is 5.19. The summed E-state index contributed by atoms with van der Waals surface area (Å²) in [5, 5.41) is 9.61. The summed E-state index contributed by atoms with van der Waals surface area (Å²) in [4.78, 5) is 15.8. The molecule has 0 atom stereocenters. The van der Waals surface area contributed by atoms with E-state index in [4.69, 9.17) is 0 Å². The highest BCUT2D eigenvalue weighted by Crippen LogP contribution is 2.38. The fourth-order valence-corrected chi connectivity index (χ4v) is 3.23. The Morgan fingerprint density at radius 1 is 1.28 bits per heavy atom. The number of aromatic nitrogens is 1. The topological polar surface area (TPSA) is 50.2 Å². The quantitative estimate of drug-likeness (QED) is 0.863. The minimum atomic E-state index is -0.649. The van der Waals surface area contributed by atoms with E-state index in [2.05, 4.69) is 20.9 Å². The smallest absolute Gasteiger partial charge is 0.309 e. The molecule has 1 heterocycles. The van der Waals surface area contributed by atoms with E-state index >= 15 is 0 Å². The Labute approximate surface area is 116 Å². The Kier molecular flexibility index (Phi) is 4.38. The molecule has 0 aliphatic heterocycles. The third-order valence-electron chi connectivity index (χ3n) is 3.82. The van der Waals surface area contributed by atoms with Crippen LogP contribution < -0.4 is 0 Å². The average Bonchev–Trinajstić information content (AvgIpc) is 2.55. The van der Waals surface area contributed by atoms with Crippen LogP contribution in [0.3, 0.4) is 0 Å². The molecule has 4 heteroatoms. The number of carboxylic acids is 1. The summed E-state index contributed by atoms with van der Waals surface area (Å²) in [6.07, 6.45) is 10.0. The summed E-state index contributed by atoms with van der Waals surface area (Å²) in [5.74, 6) is -0.649. The van der Waals surface area contributed by atoms with Crippen molar-refractivity contribution in [3.05, 3.63) is 28.5 Å². The lowest BCUT2D eigenvalue weighted by atomic mass is 9.75. The number of rotatable bonds is 3. The van der Waals surface area contributed by atoms with Crippen LogP contribution in [0, 0.1) is 5.41 Å². The Hall–Kier alpha value is -0.900. The molecule has 0 radical (unpaired) electrons. The van der Waals surface area contributed by atoms with Crippen molar-refractivity contribution in [2.24, 2.45) is 5.41 Å². The third kappa shape index (κ3) is 3.10. The summed E-state index contributed by atoms with van der Waals surface area (Å²) in [5.41, 5.74) is 0.424. The molecule has 1 aromatic rings. The van der Waals surface area contributed by atoms with Crippen molar-refractivity contribution in [2.45, 2.75) is 44.9 Å². The number of carboxylic acid groups (broad SMARTS) is 1. The summed E-state index contributed by atoms with van der Waals surface area (Å²) in [6.45, 7) is 0. The highest BCUT2D eigenvalue weighted by atomic mass is 79.9. The molecule has 0 amide bonds. The van der Waals surface area contributed by atoms with Gasteiger partial charge in [-0.1, -0.05) is 25.7 Å². The Balaban J connectivity index is 2.22. The molecule has 1 saturated carbocycles. The summed E-state index contributed by atoms with van der Waals surface area (Å²) >= 11 is 3.39. The molecule has 0 saturated heterocycles. The number of pyridine rings is 1. The van der Waals surface area contributed by atoms with Crippen molar-refractivity contribution in [3.8, 4) is 0 Å². The monoisotopic (exact) mass is 311 g/mol. The van der Waals surface area contributed by atoms with Crippen LogP contribution in [0.15, 0.2) is 22.9 Å². The van der Waals surface area contributed by atoms with E-state index in [1.54, 1.807) is 12.4 Å². The van der Waals surface area contributed by atoms with Crippen LogP contribution >= 0.6 is 15.9 Å². The predicted molar refractivity (Wildman–Crippen MR) is 73.4 cm³/mol. The first-order chi connectivity index (χ1) is 8.62. The molecule has 3 nitrogen and oxygen atoms in total. The lowest BCUT2D eigenvalue weighted by Crippen LogP contribution is -2.33. The molecule has 1 fully saturated rings. The van der Waals surface area contributed by atoms with Crippen LogP contribution in [0.1, 0.15) is 44.1 Å². The van der Waals surface area contributed by atoms with Crippen molar-refractivity contribution < 1.29 is 9.90 Å². The molecule has 1 aliphatic carbocycles. The fraction of sp³-hybridized carbons (Fsp3) is 0.571. The van der Waals surface area contributed by atoms with Crippen LogP contribution in [0.5, 0.6) is 0 Å². The van der Waals surface area contributed by atoms with Crippen LogP contribution in [0.25, 0.3) is 0 Å². The van der Waals surface area contributed by atoms with Gasteiger partial charge in [-0.3, -0.25) is 9.78 Å². The van der Waals surface area contributed by atoms with Crippen molar-refractivity contribution >= 4 is 21.9 Å². The van der Waals surface area contributed by atoms with Gasteiger partial charge in [-0.15, -0.1) is 0 Å². The third-order valence-corrected chi connectivity index (χ3v) is 4.25. The average molecular weight is 312 g/mol. The van der Waals surface area contributed by atoms with E-state index in [0.29, 0.717) is 6.42 Å². The molecular formula is C14H18BrNO2. The van der Waals surface area contributed by atoms with Gasteiger partial charge < -0.3 is 5.11 Å². The van der Waals surface area contributed by atoms with Crippen molar-refractivity contribution in [3.63, 3.8) is 0 Å². The van der Waals surface area contributed by atoms with Gasteiger partial charge >= 0.3 is 5.97 Å². The Morgan fingerprint density at radius 3 is 2.50 bits per heavy atom. The lowest BCUT2D eigenvalue weighted by molar-refractivity contribution is -0.149. The highest BCUT2D eigenvalue weighted by molar-refractivity contribution is 9.10. The molecule has 98 valence electrons.